The predicted molar refractivity (Wildman–Crippen MR) is 76.9 cm³/mol. The van der Waals surface area contributed by atoms with Crippen molar-refractivity contribution >= 4 is 11.8 Å². The molecular weight excluding hydrogens is 327 g/mol. The summed E-state index contributed by atoms with van der Waals surface area (Å²) >= 11 is 0. The number of anilines is 1. The Bertz CT molecular complexity index is 724. The topological polar surface area (TPSA) is 79.2 Å². The molecule has 24 heavy (non-hydrogen) atoms. The fourth-order valence-corrected chi connectivity index (χ4v) is 2.16. The fourth-order valence-electron chi connectivity index (χ4n) is 2.16. The number of amides is 1. The number of halogens is 3. The lowest BCUT2D eigenvalue weighted by Crippen LogP contribution is -2.43. The van der Waals surface area contributed by atoms with E-state index in [-0.39, 0.29) is 23.2 Å². The number of benzene rings is 1. The van der Waals surface area contributed by atoms with Gasteiger partial charge in [-0.1, -0.05) is 12.1 Å². The van der Waals surface area contributed by atoms with Crippen molar-refractivity contribution < 1.29 is 32.3 Å². The first-order chi connectivity index (χ1) is 11.1. The number of alkyl halides is 3. The van der Waals surface area contributed by atoms with Gasteiger partial charge >= 0.3 is 17.8 Å². The quantitative estimate of drug-likeness (QED) is 0.836. The first-order valence-electron chi connectivity index (χ1n) is 7.15. The molecule has 0 spiro atoms. The van der Waals surface area contributed by atoms with Gasteiger partial charge in [0.05, 0.1) is 5.56 Å². The largest absolute Gasteiger partial charge is 0.416 e. The van der Waals surface area contributed by atoms with Crippen LogP contribution in [0.3, 0.4) is 0 Å². The van der Waals surface area contributed by atoms with E-state index >= 15 is 0 Å². The maximum Gasteiger partial charge on any atom is 0.416 e. The average Bonchev–Trinajstić information content (AvgIpc) is 2.88. The maximum absolute atomic E-state index is 12.6. The molecular formula is C15H17F3N3O3+. The molecule has 0 bridgehead atoms. The van der Waals surface area contributed by atoms with Crippen LogP contribution in [0.2, 0.25) is 0 Å². The second kappa shape index (κ2) is 6.60. The van der Waals surface area contributed by atoms with Crippen LogP contribution in [-0.2, 0) is 11.0 Å². The molecule has 6 nitrogen and oxygen atoms in total. The highest BCUT2D eigenvalue weighted by molar-refractivity contribution is 5.87. The Hall–Kier alpha value is -2.42. The van der Waals surface area contributed by atoms with Gasteiger partial charge in [0.2, 0.25) is 11.2 Å². The first-order valence-corrected chi connectivity index (χ1v) is 7.15. The Kier molecular flexibility index (Phi) is 4.93. The van der Waals surface area contributed by atoms with Crippen LogP contribution in [0.5, 0.6) is 0 Å². The van der Waals surface area contributed by atoms with Crippen LogP contribution in [0, 0.1) is 0 Å². The molecule has 1 amide bonds. The van der Waals surface area contributed by atoms with Crippen molar-refractivity contribution in [2.45, 2.75) is 39.1 Å². The summed E-state index contributed by atoms with van der Waals surface area (Å²) in [6.45, 7) is 4.82. The Morgan fingerprint density at radius 1 is 1.29 bits per heavy atom. The van der Waals surface area contributed by atoms with Crippen molar-refractivity contribution in [3.05, 3.63) is 41.1 Å². The summed E-state index contributed by atoms with van der Waals surface area (Å²) in [6, 6.07) is 3.90. The lowest BCUT2D eigenvalue weighted by Gasteiger charge is -2.11. The number of hydrogen-bond donors (Lipinski definition) is 2. The summed E-state index contributed by atoms with van der Waals surface area (Å²) in [6.07, 6.45) is -5.78. The highest BCUT2D eigenvalue weighted by Gasteiger charge is 2.36. The molecule has 130 valence electrons. The number of carbonyl (C=O) groups is 1. The Balaban J connectivity index is 2.42. The van der Waals surface area contributed by atoms with E-state index in [1.165, 1.54) is 23.7 Å². The van der Waals surface area contributed by atoms with Gasteiger partial charge in [0.1, 0.15) is 0 Å². The summed E-state index contributed by atoms with van der Waals surface area (Å²) < 4.78 is 44.3. The molecule has 1 aromatic carbocycles. The van der Waals surface area contributed by atoms with Crippen LogP contribution in [0.4, 0.5) is 19.1 Å². The van der Waals surface area contributed by atoms with Gasteiger partial charge in [0.15, 0.2) is 12.1 Å². The van der Waals surface area contributed by atoms with Crippen LogP contribution >= 0.6 is 0 Å². The smallest absolute Gasteiger partial charge is 0.377 e. The van der Waals surface area contributed by atoms with Gasteiger partial charge in [-0.15, -0.1) is 0 Å². The third-order valence-corrected chi connectivity index (χ3v) is 3.29. The number of hydrogen-bond acceptors (Lipinski definition) is 4. The third-order valence-electron chi connectivity index (χ3n) is 3.29. The normalized spacial score (nSPS) is 13.2. The van der Waals surface area contributed by atoms with Crippen molar-refractivity contribution in [2.75, 3.05) is 5.32 Å². The molecule has 0 saturated carbocycles. The van der Waals surface area contributed by atoms with Crippen molar-refractivity contribution in [1.29, 1.82) is 0 Å². The number of nitrogens with one attached hydrogen (secondary N) is 1. The van der Waals surface area contributed by atoms with E-state index in [2.05, 4.69) is 10.6 Å². The predicted octanol–water partition coefficient (Wildman–Crippen LogP) is 2.60. The summed E-state index contributed by atoms with van der Waals surface area (Å²) in [4.78, 5) is 11.2. The zero-order valence-corrected chi connectivity index (χ0v) is 13.3. The van der Waals surface area contributed by atoms with Crippen molar-refractivity contribution in [3.63, 3.8) is 0 Å². The molecule has 2 N–H and O–H groups in total. The lowest BCUT2D eigenvalue weighted by atomic mass is 10.0. The summed E-state index contributed by atoms with van der Waals surface area (Å²) in [5, 5.41) is 16.7. The minimum atomic E-state index is -4.46. The average molecular weight is 344 g/mol. The monoisotopic (exact) mass is 344 g/mol. The molecule has 1 aromatic heterocycles. The van der Waals surface area contributed by atoms with Crippen LogP contribution < -0.4 is 10.00 Å². The van der Waals surface area contributed by atoms with Gasteiger partial charge in [0.25, 0.3) is 0 Å². The van der Waals surface area contributed by atoms with E-state index in [1.54, 1.807) is 13.8 Å². The highest BCUT2D eigenvalue weighted by Crippen LogP contribution is 2.32. The van der Waals surface area contributed by atoms with E-state index in [0.717, 1.165) is 12.1 Å². The molecule has 1 heterocycles. The maximum atomic E-state index is 12.6. The molecule has 2 rings (SSSR count). The van der Waals surface area contributed by atoms with Crippen molar-refractivity contribution in [2.24, 2.45) is 0 Å². The summed E-state index contributed by atoms with van der Waals surface area (Å²) in [7, 11) is 0. The highest BCUT2D eigenvalue weighted by atomic mass is 19.4. The minimum Gasteiger partial charge on any atom is -0.377 e. The number of aliphatic hydroxyl groups is 1. The minimum absolute atomic E-state index is 0.0522. The van der Waals surface area contributed by atoms with E-state index < -0.39 is 23.8 Å². The lowest BCUT2D eigenvalue weighted by molar-refractivity contribution is -0.787. The van der Waals surface area contributed by atoms with Crippen molar-refractivity contribution in [1.82, 2.24) is 5.27 Å². The van der Waals surface area contributed by atoms with Gasteiger partial charge in [-0.3, -0.25) is 14.6 Å². The number of aromatic nitrogens is 2. The molecule has 0 aliphatic heterocycles. The summed E-state index contributed by atoms with van der Waals surface area (Å²) in [5.41, 5.74) is -0.449. The number of aliphatic hydroxyl groups excluding tert-OH is 1. The fraction of sp³-hybridized carbons (Fsp3) is 0.400. The zero-order chi connectivity index (χ0) is 18.1. The third kappa shape index (κ3) is 3.73. The second-order valence-corrected chi connectivity index (χ2v) is 5.53. The van der Waals surface area contributed by atoms with Gasteiger partial charge in [-0.2, -0.15) is 13.2 Å². The van der Waals surface area contributed by atoms with Crippen molar-refractivity contribution in [3.8, 4) is 0 Å². The van der Waals surface area contributed by atoms with E-state index in [1.807, 2.05) is 0 Å². The number of rotatable bonds is 4. The van der Waals surface area contributed by atoms with Gasteiger partial charge < -0.3 is 5.11 Å². The van der Waals surface area contributed by atoms with Crippen LogP contribution in [0.1, 0.15) is 49.7 Å². The Morgan fingerprint density at radius 2 is 1.88 bits per heavy atom. The van der Waals surface area contributed by atoms with Gasteiger partial charge in [-0.05, 0) is 22.4 Å². The SMILES string of the molecule is CC(=O)Nc1on[n+](C(C)C)c1[C@@H](O)c1ccc(C(F)(F)F)cc1. The summed E-state index contributed by atoms with van der Waals surface area (Å²) in [5.74, 6) is -0.480. The first kappa shape index (κ1) is 17.9. The Labute approximate surface area is 135 Å². The number of nitrogens with zero attached hydrogens (tertiary/aromatic N) is 2. The molecule has 0 saturated heterocycles. The van der Waals surface area contributed by atoms with E-state index in [4.69, 9.17) is 4.52 Å². The van der Waals surface area contributed by atoms with Crippen LogP contribution in [0.15, 0.2) is 28.8 Å². The molecule has 0 fully saturated rings. The zero-order valence-electron chi connectivity index (χ0n) is 13.3. The molecule has 1 atom stereocenters. The number of carbonyl (C=O) groups excluding carboxylic acids is 1. The van der Waals surface area contributed by atoms with Crippen LogP contribution in [0.25, 0.3) is 0 Å². The molecule has 0 aliphatic rings. The molecule has 0 unspecified atom stereocenters. The van der Waals surface area contributed by atoms with Crippen LogP contribution in [-0.4, -0.2) is 16.3 Å². The molecule has 0 aliphatic carbocycles. The molecule has 9 heteroatoms. The molecule has 0 radical (unpaired) electrons. The molecule has 2 aromatic rings. The Morgan fingerprint density at radius 3 is 2.33 bits per heavy atom. The van der Waals surface area contributed by atoms with E-state index in [9.17, 15) is 23.1 Å². The second-order valence-electron chi connectivity index (χ2n) is 5.53. The van der Waals surface area contributed by atoms with Gasteiger partial charge in [0, 0.05) is 20.8 Å². The standard InChI is InChI=1S/C15H16F3N3O3/c1-8(2)21-12(14(24-20-21)19-9(3)22)13(23)10-4-6-11(7-5-10)15(16,17)18/h4-8,13,23H,1-3H3/p+1/t13-/m0/s1. The van der Waals surface area contributed by atoms with E-state index in [0.29, 0.717) is 0 Å². The van der Waals surface area contributed by atoms with Gasteiger partial charge in [-0.25, -0.2) is 0 Å².